The molecule has 0 radical (unpaired) electrons. The smallest absolute Gasteiger partial charge is 0.136 e. The normalized spacial score (nSPS) is 14.3. The van der Waals surface area contributed by atoms with Gasteiger partial charge in [-0.15, -0.1) is 0 Å². The monoisotopic (exact) mass is 177 g/mol. The third-order valence-corrected chi connectivity index (χ3v) is 1.08. The number of allylic oxidation sites excluding steroid dienone is 1. The van der Waals surface area contributed by atoms with E-state index in [1.165, 1.54) is 11.1 Å². The summed E-state index contributed by atoms with van der Waals surface area (Å²) in [6.07, 6.45) is 1.32. The van der Waals surface area contributed by atoms with Crippen molar-refractivity contribution in [2.45, 2.75) is 0 Å². The summed E-state index contributed by atoms with van der Waals surface area (Å²) in [5.41, 5.74) is 16.2. The van der Waals surface area contributed by atoms with E-state index in [9.17, 15) is 0 Å². The first-order valence-electron chi connectivity index (χ1n) is 2.81. The summed E-state index contributed by atoms with van der Waals surface area (Å²) in [5, 5.41) is 1.23. The van der Waals surface area contributed by atoms with Crippen molar-refractivity contribution in [1.82, 2.24) is 5.01 Å². The van der Waals surface area contributed by atoms with Gasteiger partial charge in [-0.25, -0.2) is 5.84 Å². The summed E-state index contributed by atoms with van der Waals surface area (Å²) in [7, 11) is 1.56. The Morgan fingerprint density at radius 3 is 2.09 bits per heavy atom. The van der Waals surface area contributed by atoms with Gasteiger partial charge in [0.25, 0.3) is 0 Å². The maximum atomic E-state index is 5.41. The van der Waals surface area contributed by atoms with E-state index in [0.29, 0.717) is 0 Å². The van der Waals surface area contributed by atoms with Crippen LogP contribution in [0.15, 0.2) is 22.8 Å². The largest absolute Gasteiger partial charge is 0.396 e. The number of nitrogens with two attached hydrogens (primary N) is 4. The van der Waals surface area contributed by atoms with Crippen LogP contribution in [0.2, 0.25) is 0 Å². The summed E-state index contributed by atoms with van der Waals surface area (Å²) in [4.78, 5) is 0. The second-order valence-electron chi connectivity index (χ2n) is 1.98. The number of hydrogen-bond acceptors (Lipinski definition) is 5. The highest BCUT2D eigenvalue weighted by Gasteiger charge is 1.98. The van der Waals surface area contributed by atoms with Crippen LogP contribution in [-0.4, -0.2) is 12.1 Å². The van der Waals surface area contributed by atoms with Crippen LogP contribution in [0, 0.1) is 0 Å². The lowest BCUT2D eigenvalue weighted by Crippen LogP contribution is -2.32. The molecule has 0 saturated heterocycles. The van der Waals surface area contributed by atoms with Crippen LogP contribution >= 0.6 is 11.6 Å². The Hall–Kier alpha value is -1.07. The predicted octanol–water partition coefficient (Wildman–Crippen LogP) is -1.08. The van der Waals surface area contributed by atoms with Crippen LogP contribution in [0.4, 0.5) is 0 Å². The lowest BCUT2D eigenvalue weighted by Gasteiger charge is -2.12. The fraction of sp³-hybridized carbons (Fsp3) is 0.200. The summed E-state index contributed by atoms with van der Waals surface area (Å²) in [6, 6.07) is 0. The number of nitrogens with zero attached hydrogens (tertiary/aromatic N) is 1. The Morgan fingerprint density at radius 1 is 1.36 bits per heavy atom. The fourth-order valence-electron chi connectivity index (χ4n) is 0.426. The fourth-order valence-corrected chi connectivity index (χ4v) is 0.544. The molecule has 0 bridgehead atoms. The minimum absolute atomic E-state index is 0.0623. The van der Waals surface area contributed by atoms with Crippen LogP contribution in [0.25, 0.3) is 0 Å². The van der Waals surface area contributed by atoms with E-state index < -0.39 is 0 Å². The molecular weight excluding hydrogens is 166 g/mol. The summed E-state index contributed by atoms with van der Waals surface area (Å²) in [5.74, 6) is 5.49. The Kier molecular flexibility index (Phi) is 3.56. The van der Waals surface area contributed by atoms with Gasteiger partial charge in [0, 0.05) is 7.05 Å². The zero-order chi connectivity index (χ0) is 9.02. The molecule has 8 N–H and O–H groups in total. The van der Waals surface area contributed by atoms with E-state index in [1.54, 1.807) is 7.05 Å². The van der Waals surface area contributed by atoms with Gasteiger partial charge in [-0.2, -0.15) is 0 Å². The molecule has 0 unspecified atom stereocenters. The van der Waals surface area contributed by atoms with Crippen molar-refractivity contribution >= 4 is 11.6 Å². The van der Waals surface area contributed by atoms with E-state index in [2.05, 4.69) is 0 Å². The molecule has 0 aromatic rings. The average molecular weight is 178 g/mol. The zero-order valence-corrected chi connectivity index (χ0v) is 6.97. The molecule has 0 aliphatic rings. The second kappa shape index (κ2) is 3.95. The molecule has 5 nitrogen and oxygen atoms in total. The minimum atomic E-state index is 0.0623. The number of halogens is 1. The van der Waals surface area contributed by atoms with Crippen LogP contribution in [0.1, 0.15) is 0 Å². The Balaban J connectivity index is 4.54. The van der Waals surface area contributed by atoms with Gasteiger partial charge < -0.3 is 17.2 Å². The van der Waals surface area contributed by atoms with E-state index >= 15 is 0 Å². The van der Waals surface area contributed by atoms with Crippen molar-refractivity contribution in [3.8, 4) is 0 Å². The van der Waals surface area contributed by atoms with Crippen LogP contribution in [-0.2, 0) is 0 Å². The lowest BCUT2D eigenvalue weighted by atomic mass is 10.4. The van der Waals surface area contributed by atoms with Gasteiger partial charge in [0.15, 0.2) is 0 Å². The third-order valence-electron chi connectivity index (χ3n) is 0.969. The standard InChI is InChI=1S/C5H12ClN5/c1-11(10)5(9)3(7)2-4(6)8/h2H,7-10H2,1H3/b4-2-,5-3-. The first-order valence-corrected chi connectivity index (χ1v) is 3.19. The zero-order valence-electron chi connectivity index (χ0n) is 6.21. The van der Waals surface area contributed by atoms with Crippen molar-refractivity contribution in [3.63, 3.8) is 0 Å². The van der Waals surface area contributed by atoms with Crippen LogP contribution < -0.4 is 23.0 Å². The first-order chi connectivity index (χ1) is 4.95. The summed E-state index contributed by atoms with van der Waals surface area (Å²) < 4.78 is 0. The maximum absolute atomic E-state index is 5.41. The molecule has 0 aliphatic carbocycles. The molecule has 0 atom stereocenters. The van der Waals surface area contributed by atoms with E-state index in [-0.39, 0.29) is 16.7 Å². The molecule has 0 aromatic heterocycles. The van der Waals surface area contributed by atoms with Gasteiger partial charge in [-0.05, 0) is 6.08 Å². The molecular formula is C5H12ClN5. The number of hydrogen-bond donors (Lipinski definition) is 4. The molecule has 11 heavy (non-hydrogen) atoms. The molecule has 0 rings (SSSR count). The molecule has 0 spiro atoms. The van der Waals surface area contributed by atoms with Crippen molar-refractivity contribution in [2.24, 2.45) is 23.0 Å². The van der Waals surface area contributed by atoms with Gasteiger partial charge in [0.1, 0.15) is 11.0 Å². The van der Waals surface area contributed by atoms with E-state index in [0.717, 1.165) is 0 Å². The van der Waals surface area contributed by atoms with Crippen LogP contribution in [0.5, 0.6) is 0 Å². The highest BCUT2D eigenvalue weighted by molar-refractivity contribution is 6.29. The van der Waals surface area contributed by atoms with Gasteiger partial charge in [-0.1, -0.05) is 11.6 Å². The van der Waals surface area contributed by atoms with Crippen molar-refractivity contribution in [2.75, 3.05) is 7.05 Å². The molecule has 0 aliphatic heterocycles. The first kappa shape index (κ1) is 9.93. The molecule has 0 aromatic carbocycles. The Labute approximate surface area is 70.2 Å². The summed E-state index contributed by atoms with van der Waals surface area (Å²) in [6.45, 7) is 0. The van der Waals surface area contributed by atoms with Gasteiger partial charge in [-0.3, -0.25) is 5.01 Å². The van der Waals surface area contributed by atoms with Gasteiger partial charge in [0.05, 0.1) is 5.70 Å². The van der Waals surface area contributed by atoms with Crippen molar-refractivity contribution in [1.29, 1.82) is 0 Å². The van der Waals surface area contributed by atoms with E-state index in [4.69, 9.17) is 34.6 Å². The molecule has 0 amide bonds. The summed E-state index contributed by atoms with van der Waals surface area (Å²) >= 11 is 5.33. The molecule has 0 heterocycles. The third kappa shape index (κ3) is 3.59. The number of hydrazine groups is 1. The quantitative estimate of drug-likeness (QED) is 0.186. The highest BCUT2D eigenvalue weighted by atomic mass is 35.5. The molecule has 6 heteroatoms. The molecule has 64 valence electrons. The highest BCUT2D eigenvalue weighted by Crippen LogP contribution is 1.99. The topological polar surface area (TPSA) is 107 Å². The second-order valence-corrected chi connectivity index (χ2v) is 2.42. The minimum Gasteiger partial charge on any atom is -0.396 e. The number of rotatable bonds is 2. The lowest BCUT2D eigenvalue weighted by molar-refractivity contribution is 0.431. The van der Waals surface area contributed by atoms with Gasteiger partial charge >= 0.3 is 0 Å². The predicted molar refractivity (Wildman–Crippen MR) is 45.5 cm³/mol. The van der Waals surface area contributed by atoms with Crippen LogP contribution in [0.3, 0.4) is 0 Å². The average Bonchev–Trinajstić information content (AvgIpc) is 1.84. The Morgan fingerprint density at radius 2 is 1.82 bits per heavy atom. The molecule has 0 saturated carbocycles. The van der Waals surface area contributed by atoms with Gasteiger partial charge in [0.2, 0.25) is 0 Å². The SMILES string of the molecule is CN(N)/C(N)=C(N)/C=C(\N)Cl. The van der Waals surface area contributed by atoms with Crippen molar-refractivity contribution < 1.29 is 0 Å². The van der Waals surface area contributed by atoms with Crippen molar-refractivity contribution in [3.05, 3.63) is 22.8 Å². The Bertz CT molecular complexity index is 191. The molecule has 0 fully saturated rings. The maximum Gasteiger partial charge on any atom is 0.136 e. The van der Waals surface area contributed by atoms with E-state index in [1.807, 2.05) is 0 Å².